The van der Waals surface area contributed by atoms with Crippen molar-refractivity contribution >= 4 is 11.6 Å². The number of phenols is 1. The molecule has 5 heteroatoms. The van der Waals surface area contributed by atoms with E-state index in [1.54, 1.807) is 29.2 Å². The van der Waals surface area contributed by atoms with Crippen LogP contribution >= 0.6 is 0 Å². The van der Waals surface area contributed by atoms with Gasteiger partial charge < -0.3 is 15.3 Å². The molecule has 0 bridgehead atoms. The zero-order chi connectivity index (χ0) is 16.7. The van der Waals surface area contributed by atoms with Gasteiger partial charge in [0.05, 0.1) is 11.5 Å². The number of carbonyl (C=O) groups is 1. The van der Waals surface area contributed by atoms with Crippen molar-refractivity contribution < 1.29 is 14.3 Å². The Balaban J connectivity index is 1.78. The molecule has 0 aliphatic carbocycles. The summed E-state index contributed by atoms with van der Waals surface area (Å²) in [4.78, 5) is 14.7. The second kappa shape index (κ2) is 5.60. The van der Waals surface area contributed by atoms with Gasteiger partial charge in [0.2, 0.25) is 5.91 Å². The molecule has 2 fully saturated rings. The van der Waals surface area contributed by atoms with Crippen LogP contribution in [0.4, 0.5) is 10.1 Å². The maximum Gasteiger partial charge on any atom is 0.236 e. The lowest BCUT2D eigenvalue weighted by molar-refractivity contribution is -0.142. The molecule has 124 valence electrons. The first-order valence-corrected chi connectivity index (χ1v) is 8.21. The summed E-state index contributed by atoms with van der Waals surface area (Å²) < 4.78 is 13.7. The van der Waals surface area contributed by atoms with Crippen LogP contribution in [0.5, 0.6) is 5.75 Å². The minimum absolute atomic E-state index is 0.0627. The first-order valence-electron chi connectivity index (χ1n) is 8.21. The van der Waals surface area contributed by atoms with E-state index >= 15 is 0 Å². The van der Waals surface area contributed by atoms with Gasteiger partial charge in [-0.25, -0.2) is 4.39 Å². The van der Waals surface area contributed by atoms with Crippen molar-refractivity contribution in [2.75, 3.05) is 18.0 Å². The van der Waals surface area contributed by atoms with E-state index in [-0.39, 0.29) is 23.5 Å². The Kier molecular flexibility index (Phi) is 3.53. The van der Waals surface area contributed by atoms with E-state index in [2.05, 4.69) is 5.32 Å². The Morgan fingerprint density at radius 1 is 1.12 bits per heavy atom. The maximum atomic E-state index is 13.7. The normalized spacial score (nSPS) is 22.5. The van der Waals surface area contributed by atoms with Crippen molar-refractivity contribution in [3.8, 4) is 5.75 Å². The van der Waals surface area contributed by atoms with E-state index in [9.17, 15) is 14.3 Å². The molecule has 0 radical (unpaired) electrons. The zero-order valence-corrected chi connectivity index (χ0v) is 13.2. The number of β-lactam (4-membered cyclic amide) rings is 1. The highest BCUT2D eigenvalue weighted by atomic mass is 19.1. The smallest absolute Gasteiger partial charge is 0.236 e. The summed E-state index contributed by atoms with van der Waals surface area (Å²) >= 11 is 0. The topological polar surface area (TPSA) is 52.6 Å². The molecular formula is C19H19FN2O2. The summed E-state index contributed by atoms with van der Waals surface area (Å²) in [5, 5.41) is 12.9. The maximum absolute atomic E-state index is 13.7. The molecule has 2 saturated heterocycles. The fourth-order valence-corrected chi connectivity index (χ4v) is 4.03. The van der Waals surface area contributed by atoms with Crippen molar-refractivity contribution in [2.24, 2.45) is 5.41 Å². The van der Waals surface area contributed by atoms with Crippen molar-refractivity contribution in [3.63, 3.8) is 0 Å². The van der Waals surface area contributed by atoms with Gasteiger partial charge in [-0.15, -0.1) is 0 Å². The van der Waals surface area contributed by atoms with E-state index in [1.807, 2.05) is 12.1 Å². The van der Waals surface area contributed by atoms with Gasteiger partial charge in [-0.3, -0.25) is 4.79 Å². The first kappa shape index (κ1) is 15.1. The number of carbonyl (C=O) groups excluding carboxylic acids is 1. The van der Waals surface area contributed by atoms with Crippen LogP contribution < -0.4 is 10.2 Å². The fraction of sp³-hybridized carbons (Fsp3) is 0.316. The van der Waals surface area contributed by atoms with Crippen LogP contribution in [0.3, 0.4) is 0 Å². The predicted molar refractivity (Wildman–Crippen MR) is 89.3 cm³/mol. The number of hydrogen-bond donors (Lipinski definition) is 2. The highest BCUT2D eigenvalue weighted by Gasteiger charge is 2.61. The van der Waals surface area contributed by atoms with E-state index in [0.29, 0.717) is 5.69 Å². The summed E-state index contributed by atoms with van der Waals surface area (Å²) in [7, 11) is 0. The van der Waals surface area contributed by atoms with Crippen LogP contribution in [-0.4, -0.2) is 24.1 Å². The molecule has 2 aromatic carbocycles. The summed E-state index contributed by atoms with van der Waals surface area (Å²) in [5.41, 5.74) is 1.12. The average Bonchev–Trinajstić information content (AvgIpc) is 2.61. The number of benzene rings is 2. The van der Waals surface area contributed by atoms with Crippen LogP contribution in [0.25, 0.3) is 0 Å². The molecule has 2 N–H and O–H groups in total. The monoisotopic (exact) mass is 326 g/mol. The number of phenolic OH excluding ortho intramolecular Hbond substituents is 1. The third-order valence-electron chi connectivity index (χ3n) is 5.22. The van der Waals surface area contributed by atoms with Crippen LogP contribution in [0.2, 0.25) is 0 Å². The molecule has 1 atom stereocenters. The lowest BCUT2D eigenvalue weighted by Gasteiger charge is -2.58. The standard InChI is InChI=1S/C19H19FN2O2/c20-14-2-1-3-15(12-14)22-17(13-4-6-16(23)7-5-13)19(18(22)24)8-10-21-11-9-19/h1-7,12,17,21,23H,8-11H2. The minimum atomic E-state index is -0.436. The van der Waals surface area contributed by atoms with Gasteiger partial charge in [-0.2, -0.15) is 0 Å². The fourth-order valence-electron chi connectivity index (χ4n) is 4.03. The molecule has 24 heavy (non-hydrogen) atoms. The van der Waals surface area contributed by atoms with E-state index in [0.717, 1.165) is 31.5 Å². The highest BCUT2D eigenvalue weighted by molar-refractivity contribution is 6.06. The second-order valence-corrected chi connectivity index (χ2v) is 6.56. The Morgan fingerprint density at radius 3 is 2.50 bits per heavy atom. The lowest BCUT2D eigenvalue weighted by Crippen LogP contribution is -2.66. The molecule has 2 aliphatic heterocycles. The molecule has 2 aliphatic rings. The average molecular weight is 326 g/mol. The van der Waals surface area contributed by atoms with Crippen LogP contribution in [-0.2, 0) is 4.79 Å². The Morgan fingerprint density at radius 2 is 1.83 bits per heavy atom. The van der Waals surface area contributed by atoms with Crippen molar-refractivity contribution in [3.05, 3.63) is 59.9 Å². The Bertz CT molecular complexity index is 769. The Labute approximate surface area is 139 Å². The van der Waals surface area contributed by atoms with Gasteiger partial charge >= 0.3 is 0 Å². The third-order valence-corrected chi connectivity index (χ3v) is 5.22. The van der Waals surface area contributed by atoms with Crippen LogP contribution in [0, 0.1) is 11.2 Å². The largest absolute Gasteiger partial charge is 0.508 e. The number of amides is 1. The molecule has 1 amide bonds. The van der Waals surface area contributed by atoms with Gasteiger partial charge in [0.25, 0.3) is 0 Å². The third kappa shape index (κ3) is 2.19. The number of anilines is 1. The van der Waals surface area contributed by atoms with Crippen LogP contribution in [0.1, 0.15) is 24.4 Å². The number of piperidine rings is 1. The highest BCUT2D eigenvalue weighted by Crippen LogP contribution is 2.56. The zero-order valence-electron chi connectivity index (χ0n) is 13.2. The van der Waals surface area contributed by atoms with E-state index in [1.165, 1.54) is 12.1 Å². The molecule has 2 aromatic rings. The SMILES string of the molecule is O=C1N(c2cccc(F)c2)C(c2ccc(O)cc2)C12CCNCC2. The molecule has 0 saturated carbocycles. The molecule has 4 nitrogen and oxygen atoms in total. The summed E-state index contributed by atoms with van der Waals surface area (Å²) in [5.74, 6) is -0.0928. The first-order chi connectivity index (χ1) is 11.6. The van der Waals surface area contributed by atoms with Gasteiger partial charge in [0.15, 0.2) is 0 Å². The summed E-state index contributed by atoms with van der Waals surface area (Å²) in [6.45, 7) is 1.61. The number of hydrogen-bond acceptors (Lipinski definition) is 3. The quantitative estimate of drug-likeness (QED) is 0.834. The summed E-state index contributed by atoms with van der Waals surface area (Å²) in [6, 6.07) is 13.0. The molecular weight excluding hydrogens is 307 g/mol. The number of halogens is 1. The van der Waals surface area contributed by atoms with Crippen molar-refractivity contribution in [1.29, 1.82) is 0 Å². The van der Waals surface area contributed by atoms with Gasteiger partial charge in [0, 0.05) is 5.69 Å². The molecule has 0 aromatic heterocycles. The number of rotatable bonds is 2. The molecule has 1 spiro atoms. The van der Waals surface area contributed by atoms with Crippen LogP contribution in [0.15, 0.2) is 48.5 Å². The van der Waals surface area contributed by atoms with Gasteiger partial charge in [0.1, 0.15) is 11.6 Å². The number of nitrogens with one attached hydrogen (secondary N) is 1. The Hall–Kier alpha value is -2.40. The van der Waals surface area contributed by atoms with E-state index < -0.39 is 5.41 Å². The number of aromatic hydroxyl groups is 1. The van der Waals surface area contributed by atoms with Crippen molar-refractivity contribution in [1.82, 2.24) is 5.32 Å². The molecule has 2 heterocycles. The molecule has 1 unspecified atom stereocenters. The van der Waals surface area contributed by atoms with Crippen molar-refractivity contribution in [2.45, 2.75) is 18.9 Å². The van der Waals surface area contributed by atoms with Gasteiger partial charge in [-0.1, -0.05) is 18.2 Å². The van der Waals surface area contributed by atoms with E-state index in [4.69, 9.17) is 0 Å². The second-order valence-electron chi connectivity index (χ2n) is 6.56. The predicted octanol–water partition coefficient (Wildman–Crippen LogP) is 2.99. The van der Waals surface area contributed by atoms with Gasteiger partial charge in [-0.05, 0) is 61.8 Å². The lowest BCUT2D eigenvalue weighted by atomic mass is 9.62. The number of nitrogens with zero attached hydrogens (tertiary/aromatic N) is 1. The minimum Gasteiger partial charge on any atom is -0.508 e. The summed E-state index contributed by atoms with van der Waals surface area (Å²) in [6.07, 6.45) is 1.53. The molecule has 4 rings (SSSR count).